The lowest BCUT2D eigenvalue weighted by atomic mass is 9.81. The summed E-state index contributed by atoms with van der Waals surface area (Å²) in [4.78, 5) is 27.7. The minimum atomic E-state index is -0.00179. The largest absolute Gasteiger partial charge is 0.326 e. The molecule has 2 aromatic rings. The molecule has 5 heteroatoms. The molecule has 0 radical (unpaired) electrons. The van der Waals surface area contributed by atoms with Gasteiger partial charge in [-0.25, -0.2) is 0 Å². The molecule has 0 aromatic heterocycles. The first-order valence-corrected chi connectivity index (χ1v) is 10.4. The molecule has 0 saturated carbocycles. The zero-order chi connectivity index (χ0) is 19.3. The van der Waals surface area contributed by atoms with Gasteiger partial charge in [0.25, 0.3) is 0 Å². The number of carbonyl (C=O) groups is 2. The molecule has 2 saturated heterocycles. The first-order chi connectivity index (χ1) is 13.7. The topological polar surface area (TPSA) is 49.4 Å². The Bertz CT molecular complexity index is 821. The first-order valence-electron chi connectivity index (χ1n) is 10.4. The second kappa shape index (κ2) is 10.0. The van der Waals surface area contributed by atoms with Crippen LogP contribution >= 0.6 is 12.4 Å². The van der Waals surface area contributed by atoms with Crippen LogP contribution in [0, 0.1) is 5.92 Å². The van der Waals surface area contributed by atoms with Gasteiger partial charge in [0.2, 0.25) is 5.91 Å². The van der Waals surface area contributed by atoms with E-state index in [0.29, 0.717) is 29.5 Å². The number of fused-ring (bicyclic) bond motifs is 1. The fraction of sp³-hybridized carbons (Fsp3) is 0.417. The van der Waals surface area contributed by atoms with E-state index < -0.39 is 0 Å². The van der Waals surface area contributed by atoms with E-state index in [0.717, 1.165) is 12.1 Å². The predicted octanol–water partition coefficient (Wildman–Crippen LogP) is 4.93. The fourth-order valence-corrected chi connectivity index (χ4v) is 4.73. The third-order valence-corrected chi connectivity index (χ3v) is 6.14. The van der Waals surface area contributed by atoms with Crippen molar-refractivity contribution in [1.29, 1.82) is 0 Å². The second-order valence-corrected chi connectivity index (χ2v) is 8.03. The van der Waals surface area contributed by atoms with Crippen molar-refractivity contribution >= 4 is 29.8 Å². The number of piperidine rings is 2. The number of halogens is 1. The van der Waals surface area contributed by atoms with Crippen molar-refractivity contribution < 1.29 is 9.59 Å². The van der Waals surface area contributed by atoms with Crippen LogP contribution in [-0.4, -0.2) is 35.7 Å². The lowest BCUT2D eigenvalue weighted by Crippen LogP contribution is -2.48. The molecular weight excluding hydrogens is 384 g/mol. The number of benzene rings is 2. The summed E-state index contributed by atoms with van der Waals surface area (Å²) in [6.07, 6.45) is 6.75. The van der Waals surface area contributed by atoms with Gasteiger partial charge in [0.05, 0.1) is 0 Å². The zero-order valence-electron chi connectivity index (χ0n) is 16.7. The molecule has 2 aliphatic heterocycles. The molecule has 0 unspecified atom stereocenters. The maximum atomic E-state index is 12.6. The van der Waals surface area contributed by atoms with Gasteiger partial charge in [-0.1, -0.05) is 36.8 Å². The van der Waals surface area contributed by atoms with Gasteiger partial charge >= 0.3 is 0 Å². The summed E-state index contributed by atoms with van der Waals surface area (Å²) in [6, 6.07) is 17.1. The molecule has 1 N–H and O–H groups in total. The Morgan fingerprint density at radius 2 is 1.55 bits per heavy atom. The minimum Gasteiger partial charge on any atom is -0.326 e. The van der Waals surface area contributed by atoms with Gasteiger partial charge in [-0.2, -0.15) is 0 Å². The number of anilines is 1. The smallest absolute Gasteiger partial charge is 0.224 e. The second-order valence-electron chi connectivity index (χ2n) is 8.03. The number of hydrogen-bond acceptors (Lipinski definition) is 3. The van der Waals surface area contributed by atoms with Crippen LogP contribution in [0.2, 0.25) is 0 Å². The molecule has 4 nitrogen and oxygen atoms in total. The van der Waals surface area contributed by atoms with E-state index >= 15 is 0 Å². The summed E-state index contributed by atoms with van der Waals surface area (Å²) in [5.41, 5.74) is 2.06. The molecule has 2 aromatic carbocycles. The molecule has 1 amide bonds. The van der Waals surface area contributed by atoms with Crippen molar-refractivity contribution in [2.75, 3.05) is 18.4 Å². The van der Waals surface area contributed by atoms with E-state index in [1.165, 1.54) is 38.8 Å². The third-order valence-electron chi connectivity index (χ3n) is 6.14. The average molecular weight is 413 g/mol. The highest BCUT2D eigenvalue weighted by Gasteiger charge is 2.33. The Balaban J connectivity index is 0.00000240. The van der Waals surface area contributed by atoms with E-state index in [9.17, 15) is 9.59 Å². The maximum Gasteiger partial charge on any atom is 0.224 e. The van der Waals surface area contributed by atoms with Crippen molar-refractivity contribution in [3.8, 4) is 0 Å². The molecular formula is C24H29ClN2O2. The van der Waals surface area contributed by atoms with Crippen molar-refractivity contribution in [3.63, 3.8) is 0 Å². The summed E-state index contributed by atoms with van der Waals surface area (Å²) in [5.74, 6) is 0.547. The monoisotopic (exact) mass is 412 g/mol. The average Bonchev–Trinajstić information content (AvgIpc) is 2.75. The fourth-order valence-electron chi connectivity index (χ4n) is 4.73. The van der Waals surface area contributed by atoms with Crippen LogP contribution < -0.4 is 5.32 Å². The highest BCUT2D eigenvalue weighted by atomic mass is 35.5. The summed E-state index contributed by atoms with van der Waals surface area (Å²) in [5, 5.41) is 3.02. The molecule has 2 fully saturated rings. The first kappa shape index (κ1) is 21.5. The van der Waals surface area contributed by atoms with E-state index in [1.807, 2.05) is 42.5 Å². The van der Waals surface area contributed by atoms with Crippen LogP contribution in [0.3, 0.4) is 0 Å². The predicted molar refractivity (Wildman–Crippen MR) is 119 cm³/mol. The minimum absolute atomic E-state index is 0. The zero-order valence-corrected chi connectivity index (χ0v) is 17.5. The highest BCUT2D eigenvalue weighted by Crippen LogP contribution is 2.33. The van der Waals surface area contributed by atoms with Crippen molar-refractivity contribution in [3.05, 3.63) is 65.7 Å². The summed E-state index contributed by atoms with van der Waals surface area (Å²) >= 11 is 0. The SMILES string of the molecule is Cl.O=C(C[C@@H]1CCCN2CCCC[C@H]12)Nc1ccc(C(=O)c2ccccc2)cc1. The van der Waals surface area contributed by atoms with Crippen LogP contribution in [0.4, 0.5) is 5.69 Å². The van der Waals surface area contributed by atoms with Gasteiger partial charge in [-0.3, -0.25) is 9.59 Å². The number of carbonyl (C=O) groups excluding carboxylic acids is 2. The van der Waals surface area contributed by atoms with Crippen LogP contribution in [-0.2, 0) is 4.79 Å². The molecule has 2 atom stereocenters. The lowest BCUT2D eigenvalue weighted by molar-refractivity contribution is -0.118. The van der Waals surface area contributed by atoms with Crippen LogP contribution in [0.5, 0.6) is 0 Å². The van der Waals surface area contributed by atoms with Crippen molar-refractivity contribution in [1.82, 2.24) is 4.90 Å². The summed E-state index contributed by atoms with van der Waals surface area (Å²) < 4.78 is 0. The number of nitrogens with zero attached hydrogens (tertiary/aromatic N) is 1. The molecule has 29 heavy (non-hydrogen) atoms. The molecule has 2 heterocycles. The van der Waals surface area contributed by atoms with Crippen molar-refractivity contribution in [2.24, 2.45) is 5.92 Å². The van der Waals surface area contributed by atoms with Gasteiger partial charge in [-0.15, -0.1) is 12.4 Å². The highest BCUT2D eigenvalue weighted by molar-refractivity contribution is 6.09. The summed E-state index contributed by atoms with van der Waals surface area (Å²) in [7, 11) is 0. The van der Waals surface area contributed by atoms with Gasteiger partial charge in [-0.05, 0) is 69.0 Å². The van der Waals surface area contributed by atoms with Gasteiger partial charge in [0.1, 0.15) is 0 Å². The Kier molecular flexibility index (Phi) is 7.45. The molecule has 0 bridgehead atoms. The number of hydrogen-bond donors (Lipinski definition) is 1. The van der Waals surface area contributed by atoms with Crippen molar-refractivity contribution in [2.45, 2.75) is 44.6 Å². The van der Waals surface area contributed by atoms with Crippen LogP contribution in [0.15, 0.2) is 54.6 Å². The van der Waals surface area contributed by atoms with Crippen LogP contribution in [0.1, 0.15) is 54.4 Å². The molecule has 0 spiro atoms. The Morgan fingerprint density at radius 1 is 0.862 bits per heavy atom. The number of ketones is 1. The van der Waals surface area contributed by atoms with Gasteiger partial charge in [0, 0.05) is 29.3 Å². The van der Waals surface area contributed by atoms with Gasteiger partial charge in [0.15, 0.2) is 5.78 Å². The van der Waals surface area contributed by atoms with E-state index in [-0.39, 0.29) is 24.1 Å². The molecule has 2 aliphatic rings. The lowest BCUT2D eigenvalue weighted by Gasteiger charge is -2.44. The van der Waals surface area contributed by atoms with E-state index in [2.05, 4.69) is 10.2 Å². The maximum absolute atomic E-state index is 12.6. The number of amides is 1. The molecule has 4 rings (SSSR count). The Morgan fingerprint density at radius 3 is 2.31 bits per heavy atom. The van der Waals surface area contributed by atoms with Crippen LogP contribution in [0.25, 0.3) is 0 Å². The number of nitrogens with one attached hydrogen (secondary N) is 1. The molecule has 0 aliphatic carbocycles. The Hall–Kier alpha value is -2.17. The van der Waals surface area contributed by atoms with Gasteiger partial charge < -0.3 is 10.2 Å². The normalized spacial score (nSPS) is 21.5. The standard InChI is InChI=1S/C24H28N2O2.ClH/c27-23(17-20-9-6-16-26-15-5-4-10-22(20)26)25-21-13-11-19(12-14-21)24(28)18-7-2-1-3-8-18;/h1-3,7-8,11-14,20,22H,4-6,9-10,15-17H2,(H,25,27);1H/t20-,22+;/m0./s1. The number of rotatable bonds is 5. The third kappa shape index (κ3) is 5.26. The quantitative estimate of drug-likeness (QED) is 0.708. The summed E-state index contributed by atoms with van der Waals surface area (Å²) in [6.45, 7) is 2.39. The Labute approximate surface area is 179 Å². The van der Waals surface area contributed by atoms with E-state index in [4.69, 9.17) is 0 Å². The molecule has 154 valence electrons. The van der Waals surface area contributed by atoms with E-state index in [1.54, 1.807) is 12.1 Å².